The Morgan fingerprint density at radius 2 is 2.31 bits per heavy atom. The van der Waals surface area contributed by atoms with Crippen LogP contribution in [0.15, 0.2) is 17.5 Å². The molecule has 88 valence electrons. The summed E-state index contributed by atoms with van der Waals surface area (Å²) in [5.41, 5.74) is 5.93. The van der Waals surface area contributed by atoms with Crippen LogP contribution in [-0.2, 0) is 11.2 Å². The highest BCUT2D eigenvalue weighted by molar-refractivity contribution is 7.09. The molecule has 2 N–H and O–H groups in total. The van der Waals surface area contributed by atoms with Crippen molar-refractivity contribution in [1.29, 1.82) is 0 Å². The lowest BCUT2D eigenvalue weighted by Crippen LogP contribution is -2.39. The molecule has 1 aromatic rings. The first-order chi connectivity index (χ1) is 7.74. The highest BCUT2D eigenvalue weighted by Gasteiger charge is 2.37. The van der Waals surface area contributed by atoms with Gasteiger partial charge in [0.05, 0.1) is 0 Å². The molecule has 1 heterocycles. The number of ketones is 1. The molecule has 1 aromatic heterocycles. The normalized spacial score (nSPS) is 18.1. The molecule has 0 spiro atoms. The number of aryl methyl sites for hydroxylation is 1. The molecule has 1 aliphatic rings. The Hall–Kier alpha value is -0.670. The molecule has 0 aromatic carbocycles. The van der Waals surface area contributed by atoms with Crippen molar-refractivity contribution in [2.24, 2.45) is 11.1 Å². The van der Waals surface area contributed by atoms with Crippen molar-refractivity contribution >= 4 is 17.1 Å². The van der Waals surface area contributed by atoms with Gasteiger partial charge in [-0.3, -0.25) is 4.79 Å². The number of rotatable bonds is 6. The quantitative estimate of drug-likeness (QED) is 0.826. The summed E-state index contributed by atoms with van der Waals surface area (Å²) in [5, 5.41) is 2.06. The van der Waals surface area contributed by atoms with Crippen LogP contribution in [0.5, 0.6) is 0 Å². The van der Waals surface area contributed by atoms with Crippen molar-refractivity contribution < 1.29 is 4.79 Å². The Balaban J connectivity index is 1.76. The first-order valence-corrected chi connectivity index (χ1v) is 6.86. The van der Waals surface area contributed by atoms with E-state index in [0.717, 1.165) is 19.3 Å². The van der Waals surface area contributed by atoms with Gasteiger partial charge in [0.1, 0.15) is 5.78 Å². The maximum Gasteiger partial charge on any atom is 0.133 e. The molecule has 0 radical (unpaired) electrons. The van der Waals surface area contributed by atoms with Gasteiger partial charge in [0.25, 0.3) is 0 Å². The lowest BCUT2D eigenvalue weighted by atomic mass is 9.66. The zero-order chi connectivity index (χ0) is 11.4. The smallest absolute Gasteiger partial charge is 0.133 e. The van der Waals surface area contributed by atoms with Crippen LogP contribution in [-0.4, -0.2) is 12.3 Å². The second kappa shape index (κ2) is 5.11. The first-order valence-electron chi connectivity index (χ1n) is 5.98. The van der Waals surface area contributed by atoms with Crippen molar-refractivity contribution in [2.75, 3.05) is 6.54 Å². The number of Topliss-reactive ketones (excluding diaryl/α,β-unsaturated/α-hetero) is 1. The third kappa shape index (κ3) is 2.71. The summed E-state index contributed by atoms with van der Waals surface area (Å²) in [6, 6.07) is 4.14. The van der Waals surface area contributed by atoms with Crippen LogP contribution < -0.4 is 5.73 Å². The molecular weight excluding hydrogens is 218 g/mol. The number of carbonyl (C=O) groups is 1. The standard InChI is InChI=1S/C13H19NOS/c14-10-13(6-2-7-13)9-11(15)4-5-12-3-1-8-16-12/h1,3,8H,2,4-7,9-10,14H2. The zero-order valence-corrected chi connectivity index (χ0v) is 10.4. The Morgan fingerprint density at radius 1 is 1.50 bits per heavy atom. The predicted molar refractivity (Wildman–Crippen MR) is 67.6 cm³/mol. The molecule has 0 atom stereocenters. The number of hydrogen-bond acceptors (Lipinski definition) is 3. The van der Waals surface area contributed by atoms with E-state index in [0.29, 0.717) is 25.2 Å². The van der Waals surface area contributed by atoms with E-state index in [-0.39, 0.29) is 5.41 Å². The molecule has 2 nitrogen and oxygen atoms in total. The lowest BCUT2D eigenvalue weighted by molar-refractivity contribution is -0.122. The van der Waals surface area contributed by atoms with E-state index < -0.39 is 0 Å². The minimum Gasteiger partial charge on any atom is -0.330 e. The van der Waals surface area contributed by atoms with E-state index in [1.165, 1.54) is 11.3 Å². The molecule has 16 heavy (non-hydrogen) atoms. The molecule has 2 rings (SSSR count). The maximum absolute atomic E-state index is 11.9. The Labute approximate surface area is 101 Å². The van der Waals surface area contributed by atoms with Gasteiger partial charge in [0.2, 0.25) is 0 Å². The molecule has 1 aliphatic carbocycles. The van der Waals surface area contributed by atoms with Crippen molar-refractivity contribution in [1.82, 2.24) is 0 Å². The fourth-order valence-electron chi connectivity index (χ4n) is 2.35. The summed E-state index contributed by atoms with van der Waals surface area (Å²) in [5.74, 6) is 0.388. The molecule has 0 bridgehead atoms. The van der Waals surface area contributed by atoms with Gasteiger partial charge in [0.15, 0.2) is 0 Å². The first kappa shape index (κ1) is 11.8. The third-order valence-corrected chi connectivity index (χ3v) is 4.59. The summed E-state index contributed by atoms with van der Waals surface area (Å²) >= 11 is 1.73. The SMILES string of the molecule is NCC1(CC(=O)CCc2cccs2)CCC1. The molecule has 1 saturated carbocycles. The van der Waals surface area contributed by atoms with Crippen LogP contribution in [0.4, 0.5) is 0 Å². The van der Waals surface area contributed by atoms with Crippen molar-refractivity contribution in [2.45, 2.75) is 38.5 Å². The Kier molecular flexibility index (Phi) is 3.77. The van der Waals surface area contributed by atoms with E-state index in [2.05, 4.69) is 11.4 Å². The molecule has 0 unspecified atom stereocenters. The summed E-state index contributed by atoms with van der Waals surface area (Å²) in [7, 11) is 0. The van der Waals surface area contributed by atoms with Crippen LogP contribution in [0.3, 0.4) is 0 Å². The van der Waals surface area contributed by atoms with Gasteiger partial charge < -0.3 is 5.73 Å². The van der Waals surface area contributed by atoms with Gasteiger partial charge in [-0.15, -0.1) is 11.3 Å². The van der Waals surface area contributed by atoms with E-state index in [4.69, 9.17) is 5.73 Å². The molecule has 0 amide bonds. The van der Waals surface area contributed by atoms with Crippen LogP contribution in [0.25, 0.3) is 0 Å². The second-order valence-electron chi connectivity index (χ2n) is 4.85. The zero-order valence-electron chi connectivity index (χ0n) is 9.58. The highest BCUT2D eigenvalue weighted by atomic mass is 32.1. The topological polar surface area (TPSA) is 43.1 Å². The number of carbonyl (C=O) groups excluding carboxylic acids is 1. The van der Waals surface area contributed by atoms with Gasteiger partial charge in [-0.1, -0.05) is 12.5 Å². The van der Waals surface area contributed by atoms with E-state index in [1.54, 1.807) is 11.3 Å². The number of thiophene rings is 1. The Bertz CT molecular complexity index is 335. The predicted octanol–water partition coefficient (Wildman–Crippen LogP) is 2.77. The summed E-state index contributed by atoms with van der Waals surface area (Å²) in [4.78, 5) is 13.2. The molecular formula is C13H19NOS. The summed E-state index contributed by atoms with van der Waals surface area (Å²) in [6.07, 6.45) is 5.83. The second-order valence-corrected chi connectivity index (χ2v) is 5.88. The third-order valence-electron chi connectivity index (χ3n) is 3.65. The van der Waals surface area contributed by atoms with Gasteiger partial charge in [-0.2, -0.15) is 0 Å². The van der Waals surface area contributed by atoms with Crippen molar-refractivity contribution in [3.63, 3.8) is 0 Å². The molecule has 1 fully saturated rings. The maximum atomic E-state index is 11.9. The summed E-state index contributed by atoms with van der Waals surface area (Å²) < 4.78 is 0. The van der Waals surface area contributed by atoms with Crippen LogP contribution >= 0.6 is 11.3 Å². The minimum absolute atomic E-state index is 0.173. The van der Waals surface area contributed by atoms with E-state index in [1.807, 2.05) is 6.07 Å². The number of hydrogen-bond donors (Lipinski definition) is 1. The highest BCUT2D eigenvalue weighted by Crippen LogP contribution is 2.43. The van der Waals surface area contributed by atoms with Gasteiger partial charge in [-0.05, 0) is 42.7 Å². The largest absolute Gasteiger partial charge is 0.330 e. The average Bonchev–Trinajstić information content (AvgIpc) is 2.73. The van der Waals surface area contributed by atoms with Crippen molar-refractivity contribution in [3.8, 4) is 0 Å². The van der Waals surface area contributed by atoms with E-state index in [9.17, 15) is 4.79 Å². The Morgan fingerprint density at radius 3 is 2.81 bits per heavy atom. The summed E-state index contributed by atoms with van der Waals surface area (Å²) in [6.45, 7) is 0.678. The van der Waals surface area contributed by atoms with Gasteiger partial charge >= 0.3 is 0 Å². The fraction of sp³-hybridized carbons (Fsp3) is 0.615. The van der Waals surface area contributed by atoms with Crippen LogP contribution in [0.2, 0.25) is 0 Å². The van der Waals surface area contributed by atoms with E-state index >= 15 is 0 Å². The van der Waals surface area contributed by atoms with Gasteiger partial charge in [-0.25, -0.2) is 0 Å². The average molecular weight is 237 g/mol. The molecule has 3 heteroatoms. The minimum atomic E-state index is 0.173. The van der Waals surface area contributed by atoms with Crippen molar-refractivity contribution in [3.05, 3.63) is 22.4 Å². The number of nitrogens with two attached hydrogens (primary N) is 1. The molecule has 0 aliphatic heterocycles. The molecule has 0 saturated heterocycles. The lowest BCUT2D eigenvalue weighted by Gasteiger charge is -2.40. The monoisotopic (exact) mass is 237 g/mol. The van der Waals surface area contributed by atoms with Crippen LogP contribution in [0.1, 0.15) is 37.0 Å². The van der Waals surface area contributed by atoms with Gasteiger partial charge in [0, 0.05) is 17.7 Å². The van der Waals surface area contributed by atoms with Crippen LogP contribution in [0, 0.1) is 5.41 Å². The fourth-order valence-corrected chi connectivity index (χ4v) is 3.06.